The number of fused-ring (bicyclic) bond motifs is 1. The van der Waals surface area contributed by atoms with Gasteiger partial charge in [0.25, 0.3) is 0 Å². The molecule has 1 heterocycles. The predicted octanol–water partition coefficient (Wildman–Crippen LogP) is 0.611. The molecule has 0 aliphatic carbocycles. The molecule has 0 bridgehead atoms. The van der Waals surface area contributed by atoms with Crippen molar-refractivity contribution in [2.24, 2.45) is 0 Å². The van der Waals surface area contributed by atoms with Gasteiger partial charge in [0.05, 0.1) is 12.7 Å². The van der Waals surface area contributed by atoms with Crippen molar-refractivity contribution >= 4 is 10.9 Å². The summed E-state index contributed by atoms with van der Waals surface area (Å²) in [5.74, 6) is 0. The van der Waals surface area contributed by atoms with Gasteiger partial charge in [-0.05, 0) is 17.7 Å². The zero-order valence-corrected chi connectivity index (χ0v) is 8.98. The Hall–Kier alpha value is -1.36. The van der Waals surface area contributed by atoms with Gasteiger partial charge in [0.1, 0.15) is 0 Å². The number of nitrogens with one attached hydrogen (secondary N) is 2. The maximum atomic E-state index is 9.19. The topological polar surface area (TPSA) is 68.3 Å². The number of hydrogen-bond acceptors (Lipinski definition) is 3. The second-order valence-corrected chi connectivity index (χ2v) is 3.82. The molecule has 0 aliphatic heterocycles. The Balaban J connectivity index is 2.01. The molecule has 0 fully saturated rings. The first-order valence-electron chi connectivity index (χ1n) is 5.36. The number of aliphatic hydroxyl groups excluding tert-OH is 2. The Labute approximate surface area is 93.9 Å². The molecule has 0 amide bonds. The Morgan fingerprint density at radius 3 is 3.00 bits per heavy atom. The van der Waals surface area contributed by atoms with Gasteiger partial charge in [-0.2, -0.15) is 0 Å². The largest absolute Gasteiger partial charge is 0.394 e. The minimum absolute atomic E-state index is 0.207. The van der Waals surface area contributed by atoms with E-state index < -0.39 is 6.10 Å². The monoisotopic (exact) mass is 220 g/mol. The highest BCUT2D eigenvalue weighted by Gasteiger charge is 2.03. The molecule has 4 N–H and O–H groups in total. The van der Waals surface area contributed by atoms with Gasteiger partial charge < -0.3 is 20.5 Å². The van der Waals surface area contributed by atoms with Gasteiger partial charge in [0, 0.05) is 30.2 Å². The molecule has 0 aliphatic rings. The summed E-state index contributed by atoms with van der Waals surface area (Å²) in [6, 6.07) is 8.11. The third kappa shape index (κ3) is 2.41. The van der Waals surface area contributed by atoms with Crippen molar-refractivity contribution in [1.29, 1.82) is 0 Å². The number of rotatable bonds is 5. The van der Waals surface area contributed by atoms with Crippen LogP contribution >= 0.6 is 0 Å². The number of benzene rings is 1. The van der Waals surface area contributed by atoms with Crippen molar-refractivity contribution < 1.29 is 10.2 Å². The first-order chi connectivity index (χ1) is 7.81. The van der Waals surface area contributed by atoms with Gasteiger partial charge in [0.15, 0.2) is 0 Å². The molecule has 1 aromatic heterocycles. The Bertz CT molecular complexity index is 453. The first kappa shape index (κ1) is 11.1. The third-order valence-electron chi connectivity index (χ3n) is 2.59. The van der Waals surface area contributed by atoms with Crippen molar-refractivity contribution in [1.82, 2.24) is 10.3 Å². The average molecular weight is 220 g/mol. The zero-order chi connectivity index (χ0) is 11.4. The van der Waals surface area contributed by atoms with E-state index in [0.717, 1.165) is 5.52 Å². The van der Waals surface area contributed by atoms with Crippen LogP contribution in [0.3, 0.4) is 0 Å². The second-order valence-electron chi connectivity index (χ2n) is 3.82. The molecule has 0 radical (unpaired) electrons. The molecular formula is C12H16N2O2. The van der Waals surface area contributed by atoms with Crippen LogP contribution in [0.1, 0.15) is 5.56 Å². The third-order valence-corrected chi connectivity index (χ3v) is 2.59. The summed E-state index contributed by atoms with van der Waals surface area (Å²) in [6.07, 6.45) is 1.22. The van der Waals surface area contributed by atoms with Gasteiger partial charge in [0.2, 0.25) is 0 Å². The van der Waals surface area contributed by atoms with Crippen molar-refractivity contribution in [3.05, 3.63) is 36.0 Å². The van der Waals surface area contributed by atoms with Gasteiger partial charge in [-0.1, -0.05) is 12.1 Å². The molecule has 4 nitrogen and oxygen atoms in total. The van der Waals surface area contributed by atoms with Crippen molar-refractivity contribution in [2.45, 2.75) is 12.6 Å². The lowest BCUT2D eigenvalue weighted by molar-refractivity contribution is 0.0942. The van der Waals surface area contributed by atoms with Gasteiger partial charge in [-0.3, -0.25) is 0 Å². The van der Waals surface area contributed by atoms with Gasteiger partial charge >= 0.3 is 0 Å². The van der Waals surface area contributed by atoms with Gasteiger partial charge in [-0.25, -0.2) is 0 Å². The van der Waals surface area contributed by atoms with Crippen molar-refractivity contribution in [3.8, 4) is 0 Å². The fraction of sp³-hybridized carbons (Fsp3) is 0.333. The van der Waals surface area contributed by atoms with E-state index in [1.807, 2.05) is 24.4 Å². The predicted molar refractivity (Wildman–Crippen MR) is 63.1 cm³/mol. The van der Waals surface area contributed by atoms with Crippen LogP contribution in [0.2, 0.25) is 0 Å². The Morgan fingerprint density at radius 1 is 1.31 bits per heavy atom. The molecular weight excluding hydrogens is 204 g/mol. The standard InChI is InChI=1S/C12H16N2O2/c15-8-10(16)7-13-6-9-2-1-3-12-11(9)4-5-14-12/h1-5,10,13-16H,6-8H2. The summed E-state index contributed by atoms with van der Waals surface area (Å²) < 4.78 is 0. The van der Waals surface area contributed by atoms with E-state index in [1.165, 1.54) is 10.9 Å². The minimum atomic E-state index is -0.689. The van der Waals surface area contributed by atoms with Crippen LogP contribution in [0.25, 0.3) is 10.9 Å². The van der Waals surface area contributed by atoms with Crippen LogP contribution in [-0.4, -0.2) is 34.5 Å². The maximum Gasteiger partial charge on any atom is 0.0895 e. The highest BCUT2D eigenvalue weighted by molar-refractivity contribution is 5.82. The summed E-state index contributed by atoms with van der Waals surface area (Å²) in [4.78, 5) is 3.15. The van der Waals surface area contributed by atoms with Crippen LogP contribution in [0.15, 0.2) is 30.5 Å². The molecule has 0 saturated heterocycles. The summed E-state index contributed by atoms with van der Waals surface area (Å²) in [7, 11) is 0. The van der Waals surface area contributed by atoms with E-state index in [1.54, 1.807) is 0 Å². The highest BCUT2D eigenvalue weighted by Crippen LogP contribution is 2.16. The lowest BCUT2D eigenvalue weighted by Gasteiger charge is -2.09. The quantitative estimate of drug-likeness (QED) is 0.597. The smallest absolute Gasteiger partial charge is 0.0895 e. The average Bonchev–Trinajstić information content (AvgIpc) is 2.77. The number of hydrogen-bond donors (Lipinski definition) is 4. The van der Waals surface area contributed by atoms with Crippen molar-refractivity contribution in [2.75, 3.05) is 13.2 Å². The molecule has 0 saturated carbocycles. The minimum Gasteiger partial charge on any atom is -0.394 e. The summed E-state index contributed by atoms with van der Waals surface area (Å²) in [6.45, 7) is 0.880. The Kier molecular flexibility index (Phi) is 3.56. The lowest BCUT2D eigenvalue weighted by Crippen LogP contribution is -2.28. The van der Waals surface area contributed by atoms with E-state index in [0.29, 0.717) is 13.1 Å². The van der Waals surface area contributed by atoms with E-state index in [2.05, 4.69) is 16.4 Å². The molecule has 1 atom stereocenters. The van der Waals surface area contributed by atoms with Crippen molar-refractivity contribution in [3.63, 3.8) is 0 Å². The summed E-state index contributed by atoms with van der Waals surface area (Å²) in [5, 5.41) is 22.2. The van der Waals surface area contributed by atoms with E-state index >= 15 is 0 Å². The first-order valence-corrected chi connectivity index (χ1v) is 5.36. The number of aromatic nitrogens is 1. The molecule has 0 spiro atoms. The second kappa shape index (κ2) is 5.12. The van der Waals surface area contributed by atoms with Crippen LogP contribution in [0.5, 0.6) is 0 Å². The normalized spacial score (nSPS) is 13.1. The SMILES string of the molecule is OCC(O)CNCc1cccc2[nH]ccc12. The van der Waals surface area contributed by atoms with E-state index in [9.17, 15) is 5.11 Å². The molecule has 2 aromatic rings. The molecule has 2 rings (SSSR count). The van der Waals surface area contributed by atoms with Gasteiger partial charge in [-0.15, -0.1) is 0 Å². The molecule has 16 heavy (non-hydrogen) atoms. The highest BCUT2D eigenvalue weighted by atomic mass is 16.3. The molecule has 1 aromatic carbocycles. The Morgan fingerprint density at radius 2 is 2.19 bits per heavy atom. The van der Waals surface area contributed by atoms with Crippen LogP contribution in [0.4, 0.5) is 0 Å². The van der Waals surface area contributed by atoms with E-state index in [4.69, 9.17) is 5.11 Å². The number of H-pyrrole nitrogens is 1. The number of aliphatic hydroxyl groups is 2. The lowest BCUT2D eigenvalue weighted by atomic mass is 10.1. The fourth-order valence-corrected chi connectivity index (χ4v) is 1.74. The zero-order valence-electron chi connectivity index (χ0n) is 8.98. The summed E-state index contributed by atoms with van der Waals surface area (Å²) >= 11 is 0. The molecule has 86 valence electrons. The fourth-order valence-electron chi connectivity index (χ4n) is 1.74. The molecule has 1 unspecified atom stereocenters. The number of aromatic amines is 1. The van der Waals surface area contributed by atoms with E-state index in [-0.39, 0.29) is 6.61 Å². The maximum absolute atomic E-state index is 9.19. The molecule has 4 heteroatoms. The van der Waals surface area contributed by atoms with Crippen LogP contribution < -0.4 is 5.32 Å². The van der Waals surface area contributed by atoms with Crippen LogP contribution in [-0.2, 0) is 6.54 Å². The van der Waals surface area contributed by atoms with Crippen LogP contribution in [0, 0.1) is 0 Å². The summed E-state index contributed by atoms with van der Waals surface area (Å²) in [5.41, 5.74) is 2.30.